The fourth-order valence-electron chi connectivity index (χ4n) is 1.95. The van der Waals surface area contributed by atoms with Gasteiger partial charge in [-0.25, -0.2) is 4.79 Å². The molecule has 0 spiro atoms. The van der Waals surface area contributed by atoms with Gasteiger partial charge in [0.25, 0.3) is 0 Å². The number of aryl methyl sites for hydroxylation is 1. The predicted molar refractivity (Wildman–Crippen MR) is 55.4 cm³/mol. The van der Waals surface area contributed by atoms with Crippen LogP contribution in [0.15, 0.2) is 4.60 Å². The maximum atomic E-state index is 11.0. The van der Waals surface area contributed by atoms with E-state index in [-0.39, 0.29) is 12.1 Å². The van der Waals surface area contributed by atoms with Crippen molar-refractivity contribution in [3.63, 3.8) is 0 Å². The third kappa shape index (κ3) is 1.39. The molecule has 0 radical (unpaired) electrons. The maximum absolute atomic E-state index is 11.0. The number of hydrogen-bond acceptors (Lipinski definition) is 3. The Labute approximate surface area is 94.8 Å². The fourth-order valence-corrected chi connectivity index (χ4v) is 2.41. The summed E-state index contributed by atoms with van der Waals surface area (Å²) in [6, 6.07) is 0. The minimum absolute atomic E-state index is 0.221. The molecule has 0 bridgehead atoms. The first-order valence-corrected chi connectivity index (χ1v) is 5.43. The van der Waals surface area contributed by atoms with E-state index in [4.69, 9.17) is 5.11 Å². The summed E-state index contributed by atoms with van der Waals surface area (Å²) in [6.07, 6.45) is 1.62. The van der Waals surface area contributed by atoms with Gasteiger partial charge in [-0.3, -0.25) is 4.68 Å². The molecule has 1 unspecified atom stereocenters. The second kappa shape index (κ2) is 3.31. The Bertz CT molecular complexity index is 429. The summed E-state index contributed by atoms with van der Waals surface area (Å²) >= 11 is 3.33. The van der Waals surface area contributed by atoms with Crippen molar-refractivity contribution in [2.75, 3.05) is 0 Å². The number of rotatable bonds is 1. The van der Waals surface area contributed by atoms with Crippen molar-refractivity contribution in [3.05, 3.63) is 15.9 Å². The van der Waals surface area contributed by atoms with E-state index in [9.17, 15) is 9.90 Å². The molecular weight excluding hydrogens is 264 g/mol. The van der Waals surface area contributed by atoms with Crippen LogP contribution in [0.25, 0.3) is 0 Å². The van der Waals surface area contributed by atoms with Crippen LogP contribution in [0.1, 0.15) is 24.1 Å². The number of nitrogens with zero attached hydrogens (tertiary/aromatic N) is 2. The van der Waals surface area contributed by atoms with Gasteiger partial charge in [-0.05, 0) is 35.2 Å². The molecule has 5 nitrogen and oxygen atoms in total. The molecule has 82 valence electrons. The lowest BCUT2D eigenvalue weighted by Crippen LogP contribution is -2.39. The van der Waals surface area contributed by atoms with E-state index >= 15 is 0 Å². The Kier molecular flexibility index (Phi) is 2.35. The number of hydrogen-bond donors (Lipinski definition) is 2. The first-order chi connectivity index (χ1) is 6.97. The monoisotopic (exact) mass is 274 g/mol. The standard InChI is InChI=1S/C9H11BrN2O3/c1-12-7(10)5-3-2-4-9(15,8(13)14)6(5)11-12/h15H,2-4H2,1H3,(H,13,14). The number of carboxylic acid groups (broad SMARTS) is 1. The van der Waals surface area contributed by atoms with Gasteiger partial charge in [-0.1, -0.05) is 0 Å². The molecule has 1 heterocycles. The van der Waals surface area contributed by atoms with E-state index in [2.05, 4.69) is 21.0 Å². The van der Waals surface area contributed by atoms with Crippen molar-refractivity contribution in [1.29, 1.82) is 0 Å². The summed E-state index contributed by atoms with van der Waals surface area (Å²) in [5.41, 5.74) is -0.749. The Morgan fingerprint density at radius 2 is 2.33 bits per heavy atom. The lowest BCUT2D eigenvalue weighted by molar-refractivity contribution is -0.161. The van der Waals surface area contributed by atoms with E-state index in [0.717, 1.165) is 16.6 Å². The van der Waals surface area contributed by atoms with Crippen LogP contribution < -0.4 is 0 Å². The van der Waals surface area contributed by atoms with E-state index in [1.54, 1.807) is 11.7 Å². The average molecular weight is 275 g/mol. The van der Waals surface area contributed by atoms with E-state index in [1.807, 2.05) is 0 Å². The number of aliphatic carboxylic acids is 1. The highest BCUT2D eigenvalue weighted by atomic mass is 79.9. The molecule has 0 fully saturated rings. The van der Waals surface area contributed by atoms with Crippen LogP contribution in [-0.4, -0.2) is 26.0 Å². The highest BCUT2D eigenvalue weighted by molar-refractivity contribution is 9.10. The Morgan fingerprint density at radius 3 is 2.93 bits per heavy atom. The SMILES string of the molecule is Cn1nc2c(c1Br)CCCC2(O)C(=O)O. The molecule has 1 aromatic rings. The molecule has 0 saturated carbocycles. The fraction of sp³-hybridized carbons (Fsp3) is 0.556. The molecule has 0 aliphatic heterocycles. The number of aliphatic hydroxyl groups is 1. The Hall–Kier alpha value is -0.880. The topological polar surface area (TPSA) is 75.3 Å². The van der Waals surface area contributed by atoms with Gasteiger partial charge < -0.3 is 10.2 Å². The van der Waals surface area contributed by atoms with Crippen LogP contribution in [0.4, 0.5) is 0 Å². The highest BCUT2D eigenvalue weighted by Gasteiger charge is 2.45. The molecule has 1 aliphatic rings. The minimum atomic E-state index is -1.82. The lowest BCUT2D eigenvalue weighted by Gasteiger charge is -2.26. The quantitative estimate of drug-likeness (QED) is 0.794. The normalized spacial score (nSPS) is 25.0. The van der Waals surface area contributed by atoms with Gasteiger partial charge in [0, 0.05) is 12.6 Å². The van der Waals surface area contributed by atoms with Gasteiger partial charge in [-0.2, -0.15) is 5.10 Å². The molecule has 2 rings (SSSR count). The molecule has 1 atom stereocenters. The second-order valence-electron chi connectivity index (χ2n) is 3.76. The molecule has 15 heavy (non-hydrogen) atoms. The van der Waals surface area contributed by atoms with E-state index in [0.29, 0.717) is 6.42 Å². The average Bonchev–Trinajstić information content (AvgIpc) is 2.46. The van der Waals surface area contributed by atoms with Crippen molar-refractivity contribution < 1.29 is 15.0 Å². The zero-order chi connectivity index (χ0) is 11.2. The molecule has 0 aromatic carbocycles. The van der Waals surface area contributed by atoms with E-state index < -0.39 is 11.6 Å². The number of aromatic nitrogens is 2. The molecule has 2 N–H and O–H groups in total. The van der Waals surface area contributed by atoms with Crippen molar-refractivity contribution in [2.45, 2.75) is 24.9 Å². The van der Waals surface area contributed by atoms with Crippen LogP contribution in [0.5, 0.6) is 0 Å². The van der Waals surface area contributed by atoms with Crippen LogP contribution in [0, 0.1) is 0 Å². The smallest absolute Gasteiger partial charge is 0.342 e. The number of carbonyl (C=O) groups is 1. The van der Waals surface area contributed by atoms with Gasteiger partial charge in [0.15, 0.2) is 0 Å². The minimum Gasteiger partial charge on any atom is -0.479 e. The summed E-state index contributed by atoms with van der Waals surface area (Å²) in [6.45, 7) is 0. The molecule has 0 saturated heterocycles. The van der Waals surface area contributed by atoms with Crippen molar-refractivity contribution in [3.8, 4) is 0 Å². The van der Waals surface area contributed by atoms with Gasteiger partial charge in [0.2, 0.25) is 5.60 Å². The number of fused-ring (bicyclic) bond motifs is 1. The van der Waals surface area contributed by atoms with Crippen molar-refractivity contribution in [1.82, 2.24) is 9.78 Å². The van der Waals surface area contributed by atoms with Gasteiger partial charge in [-0.15, -0.1) is 0 Å². The molecule has 1 aliphatic carbocycles. The third-order valence-electron chi connectivity index (χ3n) is 2.78. The van der Waals surface area contributed by atoms with Crippen LogP contribution in [0.2, 0.25) is 0 Å². The summed E-state index contributed by atoms with van der Waals surface area (Å²) < 4.78 is 2.29. The van der Waals surface area contributed by atoms with Crippen molar-refractivity contribution in [2.24, 2.45) is 7.05 Å². The van der Waals surface area contributed by atoms with Crippen LogP contribution >= 0.6 is 15.9 Å². The Morgan fingerprint density at radius 1 is 1.67 bits per heavy atom. The maximum Gasteiger partial charge on any atom is 0.342 e. The van der Waals surface area contributed by atoms with E-state index in [1.165, 1.54) is 0 Å². The van der Waals surface area contributed by atoms with Gasteiger partial charge in [0.05, 0.1) is 0 Å². The van der Waals surface area contributed by atoms with Crippen molar-refractivity contribution >= 4 is 21.9 Å². The number of halogens is 1. The largest absolute Gasteiger partial charge is 0.479 e. The second-order valence-corrected chi connectivity index (χ2v) is 4.51. The summed E-state index contributed by atoms with van der Waals surface area (Å²) in [7, 11) is 1.71. The number of carboxylic acids is 1. The first-order valence-electron chi connectivity index (χ1n) is 4.64. The Balaban J connectivity index is 2.61. The lowest BCUT2D eigenvalue weighted by atomic mass is 9.84. The summed E-state index contributed by atoms with van der Waals surface area (Å²) in [5, 5.41) is 23.1. The van der Waals surface area contributed by atoms with Gasteiger partial charge in [0.1, 0.15) is 10.3 Å². The van der Waals surface area contributed by atoms with Crippen LogP contribution in [0.3, 0.4) is 0 Å². The zero-order valence-corrected chi connectivity index (χ0v) is 9.78. The molecular formula is C9H11BrN2O3. The third-order valence-corrected chi connectivity index (χ3v) is 3.77. The molecule has 0 amide bonds. The molecule has 1 aromatic heterocycles. The predicted octanol–water partition coefficient (Wildman–Crippen LogP) is 0.791. The van der Waals surface area contributed by atoms with Gasteiger partial charge >= 0.3 is 5.97 Å². The first kappa shape index (κ1) is 10.6. The molecule has 6 heteroatoms. The summed E-state index contributed by atoms with van der Waals surface area (Å²) in [5.74, 6) is -1.23. The van der Waals surface area contributed by atoms with Crippen LogP contribution in [-0.2, 0) is 23.9 Å². The highest BCUT2D eigenvalue weighted by Crippen LogP contribution is 2.37. The summed E-state index contributed by atoms with van der Waals surface area (Å²) in [4.78, 5) is 11.0. The zero-order valence-electron chi connectivity index (χ0n) is 8.20.